The van der Waals surface area contributed by atoms with E-state index in [1.54, 1.807) is 16.7 Å². The zero-order valence-electron chi connectivity index (χ0n) is 13.5. The fourth-order valence-corrected chi connectivity index (χ4v) is 4.05. The van der Waals surface area contributed by atoms with Gasteiger partial charge >= 0.3 is 0 Å². The monoisotopic (exact) mass is 334 g/mol. The fourth-order valence-electron chi connectivity index (χ4n) is 2.89. The molecular formula is C17H22N2O3S. The number of benzene rings is 1. The highest BCUT2D eigenvalue weighted by Crippen LogP contribution is 2.26. The Morgan fingerprint density at radius 1 is 1.30 bits per heavy atom. The summed E-state index contributed by atoms with van der Waals surface area (Å²) in [4.78, 5) is 26.9. The molecule has 0 aromatic heterocycles. The lowest BCUT2D eigenvalue weighted by Crippen LogP contribution is -2.46. The van der Waals surface area contributed by atoms with Crippen molar-refractivity contribution in [2.24, 2.45) is 5.92 Å². The van der Waals surface area contributed by atoms with Gasteiger partial charge in [0, 0.05) is 18.0 Å². The minimum Gasteiger partial charge on any atom is -0.381 e. The average molecular weight is 334 g/mol. The highest BCUT2D eigenvalue weighted by Gasteiger charge is 2.38. The molecule has 0 aliphatic carbocycles. The van der Waals surface area contributed by atoms with Gasteiger partial charge in [0.15, 0.2) is 0 Å². The topological polar surface area (TPSA) is 58.6 Å². The van der Waals surface area contributed by atoms with Crippen LogP contribution in [0.25, 0.3) is 0 Å². The summed E-state index contributed by atoms with van der Waals surface area (Å²) in [6.07, 6.45) is 0.755. The smallest absolute Gasteiger partial charge is 0.248 e. The highest BCUT2D eigenvalue weighted by atomic mass is 32.2. The molecule has 2 aliphatic rings. The Labute approximate surface area is 140 Å². The molecule has 2 fully saturated rings. The van der Waals surface area contributed by atoms with Crippen LogP contribution in [0, 0.1) is 19.8 Å². The molecule has 23 heavy (non-hydrogen) atoms. The normalized spacial score (nSPS) is 24.0. The van der Waals surface area contributed by atoms with Gasteiger partial charge in [-0.1, -0.05) is 6.07 Å². The molecule has 2 heterocycles. The molecule has 124 valence electrons. The Bertz CT molecular complexity index is 614. The van der Waals surface area contributed by atoms with E-state index >= 15 is 0 Å². The van der Waals surface area contributed by atoms with Crippen LogP contribution in [-0.4, -0.2) is 47.6 Å². The molecule has 0 saturated carbocycles. The molecule has 1 aromatic carbocycles. The van der Waals surface area contributed by atoms with Crippen molar-refractivity contribution in [3.63, 3.8) is 0 Å². The maximum atomic E-state index is 12.6. The summed E-state index contributed by atoms with van der Waals surface area (Å²) >= 11 is 1.63. The summed E-state index contributed by atoms with van der Waals surface area (Å²) in [5, 5.41) is 2.95. The minimum atomic E-state index is -0.394. The van der Waals surface area contributed by atoms with Gasteiger partial charge in [0.25, 0.3) is 0 Å². The molecule has 5 nitrogen and oxygen atoms in total. The summed E-state index contributed by atoms with van der Waals surface area (Å²) in [5.41, 5.74) is 3.11. The number of ether oxygens (including phenoxy) is 1. The van der Waals surface area contributed by atoms with E-state index in [-0.39, 0.29) is 17.7 Å². The molecule has 0 spiro atoms. The van der Waals surface area contributed by atoms with Crippen LogP contribution < -0.4 is 5.32 Å². The SMILES string of the molecule is Cc1ccc(NC(=O)[C@H]2CSCN2C(=O)[C@H]2CCOC2)cc1C. The van der Waals surface area contributed by atoms with Crippen molar-refractivity contribution >= 4 is 29.3 Å². The molecule has 0 radical (unpaired) electrons. The number of nitrogens with zero attached hydrogens (tertiary/aromatic N) is 1. The predicted molar refractivity (Wildman–Crippen MR) is 91.4 cm³/mol. The van der Waals surface area contributed by atoms with E-state index in [2.05, 4.69) is 5.32 Å². The lowest BCUT2D eigenvalue weighted by Gasteiger charge is -2.25. The van der Waals surface area contributed by atoms with Crippen molar-refractivity contribution in [2.45, 2.75) is 26.3 Å². The largest absolute Gasteiger partial charge is 0.381 e. The minimum absolute atomic E-state index is 0.0488. The van der Waals surface area contributed by atoms with Gasteiger partial charge in [-0.15, -0.1) is 11.8 Å². The summed E-state index contributed by atoms with van der Waals surface area (Å²) in [7, 11) is 0. The number of aryl methyl sites for hydroxylation is 2. The zero-order valence-corrected chi connectivity index (χ0v) is 14.3. The van der Waals surface area contributed by atoms with Crippen molar-refractivity contribution in [3.8, 4) is 0 Å². The van der Waals surface area contributed by atoms with Crippen LogP contribution >= 0.6 is 11.8 Å². The van der Waals surface area contributed by atoms with Gasteiger partial charge in [-0.25, -0.2) is 0 Å². The third-order valence-electron chi connectivity index (χ3n) is 4.52. The molecule has 0 unspecified atom stereocenters. The Morgan fingerprint density at radius 3 is 2.83 bits per heavy atom. The van der Waals surface area contributed by atoms with Crippen LogP contribution in [0.2, 0.25) is 0 Å². The van der Waals surface area contributed by atoms with Crippen molar-refractivity contribution in [2.75, 3.05) is 30.2 Å². The number of carbonyl (C=O) groups excluding carboxylic acids is 2. The Balaban J connectivity index is 1.67. The predicted octanol–water partition coefficient (Wildman–Crippen LogP) is 2.18. The van der Waals surface area contributed by atoms with Gasteiger partial charge in [-0.3, -0.25) is 9.59 Å². The van der Waals surface area contributed by atoms with Crippen LogP contribution in [-0.2, 0) is 14.3 Å². The fraction of sp³-hybridized carbons (Fsp3) is 0.529. The lowest BCUT2D eigenvalue weighted by molar-refractivity contribution is -0.139. The van der Waals surface area contributed by atoms with Gasteiger partial charge in [-0.2, -0.15) is 0 Å². The van der Waals surface area contributed by atoms with Crippen LogP contribution in [0.1, 0.15) is 17.5 Å². The highest BCUT2D eigenvalue weighted by molar-refractivity contribution is 7.99. The third kappa shape index (κ3) is 3.53. The van der Waals surface area contributed by atoms with Gasteiger partial charge < -0.3 is 15.0 Å². The zero-order chi connectivity index (χ0) is 16.4. The first kappa shape index (κ1) is 16.3. The van der Waals surface area contributed by atoms with Crippen LogP contribution in [0.5, 0.6) is 0 Å². The summed E-state index contributed by atoms with van der Waals surface area (Å²) in [6, 6.07) is 5.47. The van der Waals surface area contributed by atoms with Gasteiger partial charge in [0.1, 0.15) is 6.04 Å². The standard InChI is InChI=1S/C17H22N2O3S/c1-11-3-4-14(7-12(11)2)18-16(20)15-9-23-10-19(15)17(21)13-5-6-22-8-13/h3-4,7,13,15H,5-6,8-10H2,1-2H3,(H,18,20)/t13-,15+/m0/s1. The number of hydrogen-bond acceptors (Lipinski definition) is 4. The van der Waals surface area contributed by atoms with Crippen LogP contribution in [0.15, 0.2) is 18.2 Å². The molecule has 2 saturated heterocycles. The molecule has 3 rings (SSSR count). The number of carbonyl (C=O) groups is 2. The Hall–Kier alpha value is -1.53. The van der Waals surface area contributed by atoms with Crippen LogP contribution in [0.4, 0.5) is 5.69 Å². The maximum absolute atomic E-state index is 12.6. The molecule has 2 atom stereocenters. The first-order chi connectivity index (χ1) is 11.1. The van der Waals surface area contributed by atoms with E-state index in [0.29, 0.717) is 24.8 Å². The lowest BCUT2D eigenvalue weighted by atomic mass is 10.1. The van der Waals surface area contributed by atoms with Crippen LogP contribution in [0.3, 0.4) is 0 Å². The molecular weight excluding hydrogens is 312 g/mol. The number of thioether (sulfide) groups is 1. The van der Waals surface area contributed by atoms with E-state index < -0.39 is 6.04 Å². The number of amides is 2. The van der Waals surface area contributed by atoms with Crippen molar-refractivity contribution in [3.05, 3.63) is 29.3 Å². The molecule has 1 N–H and O–H groups in total. The molecule has 0 bridgehead atoms. The third-order valence-corrected chi connectivity index (χ3v) is 5.53. The van der Waals surface area contributed by atoms with E-state index in [9.17, 15) is 9.59 Å². The molecule has 6 heteroatoms. The van der Waals surface area contributed by atoms with Gasteiger partial charge in [-0.05, 0) is 43.5 Å². The van der Waals surface area contributed by atoms with E-state index in [4.69, 9.17) is 4.74 Å². The van der Waals surface area contributed by atoms with Crippen molar-refractivity contribution < 1.29 is 14.3 Å². The Kier molecular flexibility index (Phi) is 4.92. The molecule has 2 amide bonds. The summed E-state index contributed by atoms with van der Waals surface area (Å²) < 4.78 is 5.30. The summed E-state index contributed by atoms with van der Waals surface area (Å²) in [6.45, 7) is 5.17. The van der Waals surface area contributed by atoms with Crippen molar-refractivity contribution in [1.29, 1.82) is 0 Å². The second-order valence-electron chi connectivity index (χ2n) is 6.17. The van der Waals surface area contributed by atoms with Crippen molar-refractivity contribution in [1.82, 2.24) is 4.90 Å². The van der Waals surface area contributed by atoms with Gasteiger partial charge in [0.2, 0.25) is 11.8 Å². The average Bonchev–Trinajstić information content (AvgIpc) is 3.21. The van der Waals surface area contributed by atoms with E-state index in [1.807, 2.05) is 32.0 Å². The van der Waals surface area contributed by atoms with E-state index in [1.165, 1.54) is 5.56 Å². The maximum Gasteiger partial charge on any atom is 0.248 e. The van der Waals surface area contributed by atoms with E-state index in [0.717, 1.165) is 17.7 Å². The molecule has 1 aromatic rings. The number of hydrogen-bond donors (Lipinski definition) is 1. The molecule has 2 aliphatic heterocycles. The number of rotatable bonds is 3. The first-order valence-corrected chi connectivity index (χ1v) is 9.06. The first-order valence-electron chi connectivity index (χ1n) is 7.90. The van der Waals surface area contributed by atoms with Gasteiger partial charge in [0.05, 0.1) is 18.4 Å². The number of anilines is 1. The second kappa shape index (κ2) is 6.93. The second-order valence-corrected chi connectivity index (χ2v) is 7.17. The number of nitrogens with one attached hydrogen (secondary N) is 1. The quantitative estimate of drug-likeness (QED) is 0.920. The summed E-state index contributed by atoms with van der Waals surface area (Å²) in [5.74, 6) is 1.08. The Morgan fingerprint density at radius 2 is 2.13 bits per heavy atom.